The van der Waals surface area contributed by atoms with Crippen molar-refractivity contribution >= 4 is 5.91 Å². The molecule has 6 nitrogen and oxygen atoms in total. The van der Waals surface area contributed by atoms with E-state index in [0.29, 0.717) is 12.5 Å². The second kappa shape index (κ2) is 8.00. The van der Waals surface area contributed by atoms with E-state index >= 15 is 0 Å². The lowest BCUT2D eigenvalue weighted by Gasteiger charge is -2.32. The number of amides is 1. The molecule has 0 radical (unpaired) electrons. The van der Waals surface area contributed by atoms with Crippen LogP contribution in [-0.4, -0.2) is 54.4 Å². The van der Waals surface area contributed by atoms with Crippen molar-refractivity contribution in [2.24, 2.45) is 5.92 Å². The zero-order chi connectivity index (χ0) is 15.9. The van der Waals surface area contributed by atoms with Gasteiger partial charge in [-0.05, 0) is 50.0 Å². The molecule has 1 fully saturated rings. The number of likely N-dealkylation sites (tertiary alicyclic amines) is 1. The third-order valence-electron chi connectivity index (χ3n) is 4.10. The standard InChI is InChI=1S/C16H24N2O4/c1-22-15-3-2-14(20)8-13(15)10-18-6-4-12(5-7-18)9-17-16(21)11-19/h2-3,8,12,19-20H,4-7,9-11H2,1H3,(H,17,21). The van der Waals surface area contributed by atoms with E-state index in [9.17, 15) is 9.90 Å². The van der Waals surface area contributed by atoms with Gasteiger partial charge < -0.3 is 20.3 Å². The first-order chi connectivity index (χ1) is 10.6. The summed E-state index contributed by atoms with van der Waals surface area (Å²) in [7, 11) is 1.63. The highest BCUT2D eigenvalue weighted by molar-refractivity contribution is 5.76. The van der Waals surface area contributed by atoms with Gasteiger partial charge in [-0.1, -0.05) is 0 Å². The van der Waals surface area contributed by atoms with Crippen molar-refractivity contribution < 1.29 is 19.7 Å². The van der Waals surface area contributed by atoms with Crippen molar-refractivity contribution in [3.63, 3.8) is 0 Å². The van der Waals surface area contributed by atoms with Crippen LogP contribution in [0.1, 0.15) is 18.4 Å². The van der Waals surface area contributed by atoms with Crippen molar-refractivity contribution in [2.45, 2.75) is 19.4 Å². The first kappa shape index (κ1) is 16.6. The number of benzene rings is 1. The van der Waals surface area contributed by atoms with Crippen LogP contribution in [-0.2, 0) is 11.3 Å². The predicted octanol–water partition coefficient (Wildman–Crippen LogP) is 0.721. The number of piperidine rings is 1. The molecule has 1 aromatic carbocycles. The number of aromatic hydroxyl groups is 1. The average molecular weight is 308 g/mol. The Hall–Kier alpha value is -1.79. The molecular weight excluding hydrogens is 284 g/mol. The Labute approximate surface area is 130 Å². The summed E-state index contributed by atoms with van der Waals surface area (Å²) in [6.45, 7) is 2.81. The highest BCUT2D eigenvalue weighted by atomic mass is 16.5. The summed E-state index contributed by atoms with van der Waals surface area (Å²) < 4.78 is 5.33. The molecule has 6 heteroatoms. The van der Waals surface area contributed by atoms with Gasteiger partial charge >= 0.3 is 0 Å². The number of phenols is 1. The van der Waals surface area contributed by atoms with Crippen molar-refractivity contribution in [3.8, 4) is 11.5 Å². The first-order valence-corrected chi connectivity index (χ1v) is 7.58. The lowest BCUT2D eigenvalue weighted by Crippen LogP contribution is -2.39. The number of nitrogens with zero attached hydrogens (tertiary/aromatic N) is 1. The van der Waals surface area contributed by atoms with Crippen molar-refractivity contribution in [3.05, 3.63) is 23.8 Å². The molecule has 0 aromatic heterocycles. The normalized spacial score (nSPS) is 16.5. The highest BCUT2D eigenvalue weighted by Gasteiger charge is 2.20. The minimum atomic E-state index is -0.448. The maximum absolute atomic E-state index is 11.1. The summed E-state index contributed by atoms with van der Waals surface area (Å²) >= 11 is 0. The first-order valence-electron chi connectivity index (χ1n) is 7.58. The molecule has 0 bridgehead atoms. The fourth-order valence-corrected chi connectivity index (χ4v) is 2.79. The lowest BCUT2D eigenvalue weighted by molar-refractivity contribution is -0.124. The molecule has 122 valence electrons. The molecule has 0 atom stereocenters. The number of carbonyl (C=O) groups excluding carboxylic acids is 1. The SMILES string of the molecule is COc1ccc(O)cc1CN1CCC(CNC(=O)CO)CC1. The maximum Gasteiger partial charge on any atom is 0.245 e. The van der Waals surface area contributed by atoms with E-state index in [1.165, 1.54) is 0 Å². The number of carbonyl (C=O) groups is 1. The fourth-order valence-electron chi connectivity index (χ4n) is 2.79. The Morgan fingerprint density at radius 3 is 2.77 bits per heavy atom. The summed E-state index contributed by atoms with van der Waals surface area (Å²) in [5, 5.41) is 21.0. The van der Waals surface area contributed by atoms with Crippen LogP contribution < -0.4 is 10.1 Å². The van der Waals surface area contributed by atoms with E-state index in [2.05, 4.69) is 10.2 Å². The van der Waals surface area contributed by atoms with Crippen molar-refractivity contribution in [1.29, 1.82) is 0 Å². The van der Waals surface area contributed by atoms with Gasteiger partial charge in [0.2, 0.25) is 5.91 Å². The van der Waals surface area contributed by atoms with E-state index in [1.807, 2.05) is 0 Å². The Bertz CT molecular complexity index is 499. The average Bonchev–Trinajstić information content (AvgIpc) is 2.54. The molecule has 3 N–H and O–H groups in total. The monoisotopic (exact) mass is 308 g/mol. The fraction of sp³-hybridized carbons (Fsp3) is 0.562. The molecule has 0 saturated carbocycles. The quantitative estimate of drug-likeness (QED) is 0.721. The largest absolute Gasteiger partial charge is 0.508 e. The van der Waals surface area contributed by atoms with Gasteiger partial charge in [-0.3, -0.25) is 9.69 Å². The molecule has 0 aliphatic carbocycles. The minimum absolute atomic E-state index is 0.248. The van der Waals surface area contributed by atoms with E-state index in [1.54, 1.807) is 25.3 Å². The third-order valence-corrected chi connectivity index (χ3v) is 4.10. The molecule has 1 aromatic rings. The summed E-state index contributed by atoms with van der Waals surface area (Å²) in [5.41, 5.74) is 0.981. The molecule has 1 saturated heterocycles. The zero-order valence-electron chi connectivity index (χ0n) is 12.9. The molecule has 1 heterocycles. The van der Waals surface area contributed by atoms with E-state index < -0.39 is 6.61 Å². The predicted molar refractivity (Wildman–Crippen MR) is 82.8 cm³/mol. The van der Waals surface area contributed by atoms with E-state index in [4.69, 9.17) is 9.84 Å². The number of phenolic OH excluding ortho intramolecular Hbond substituents is 1. The maximum atomic E-state index is 11.1. The molecule has 1 amide bonds. The number of rotatable bonds is 6. The van der Waals surface area contributed by atoms with Crippen molar-refractivity contribution in [1.82, 2.24) is 10.2 Å². The molecule has 1 aliphatic rings. The molecule has 0 spiro atoms. The Morgan fingerprint density at radius 1 is 1.41 bits per heavy atom. The van der Waals surface area contributed by atoms with E-state index in [-0.39, 0.29) is 11.7 Å². The van der Waals surface area contributed by atoms with Crippen LogP contribution in [0.25, 0.3) is 0 Å². The lowest BCUT2D eigenvalue weighted by atomic mass is 9.96. The number of aliphatic hydroxyl groups excluding tert-OH is 1. The van der Waals surface area contributed by atoms with Crippen LogP contribution in [0.15, 0.2) is 18.2 Å². The van der Waals surface area contributed by atoms with Crippen LogP contribution in [0.4, 0.5) is 0 Å². The minimum Gasteiger partial charge on any atom is -0.508 e. The van der Waals surface area contributed by atoms with Crippen LogP contribution >= 0.6 is 0 Å². The number of aliphatic hydroxyl groups is 1. The summed E-state index contributed by atoms with van der Waals surface area (Å²) in [6, 6.07) is 5.15. The molecule has 22 heavy (non-hydrogen) atoms. The van der Waals surface area contributed by atoms with E-state index in [0.717, 1.165) is 43.8 Å². The van der Waals surface area contributed by atoms with Gasteiger partial charge in [0.25, 0.3) is 0 Å². The molecule has 1 aliphatic heterocycles. The van der Waals surface area contributed by atoms with Gasteiger partial charge in [0.1, 0.15) is 18.1 Å². The zero-order valence-corrected chi connectivity index (χ0v) is 12.9. The third kappa shape index (κ3) is 4.61. The molecular formula is C16H24N2O4. The van der Waals surface area contributed by atoms with Crippen LogP contribution in [0, 0.1) is 5.92 Å². The molecule has 0 unspecified atom stereocenters. The Kier molecular flexibility index (Phi) is 6.03. The summed E-state index contributed by atoms with van der Waals surface area (Å²) in [4.78, 5) is 13.4. The van der Waals surface area contributed by atoms with Crippen LogP contribution in [0.2, 0.25) is 0 Å². The summed E-state index contributed by atoms with van der Waals surface area (Å²) in [6.07, 6.45) is 2.01. The summed E-state index contributed by atoms with van der Waals surface area (Å²) in [5.74, 6) is 1.18. The smallest absolute Gasteiger partial charge is 0.245 e. The number of methoxy groups -OCH3 is 1. The number of nitrogens with one attached hydrogen (secondary N) is 1. The second-order valence-electron chi connectivity index (χ2n) is 5.68. The number of hydrogen-bond donors (Lipinski definition) is 3. The van der Waals surface area contributed by atoms with Gasteiger partial charge in [-0.25, -0.2) is 0 Å². The van der Waals surface area contributed by atoms with Crippen LogP contribution in [0.3, 0.4) is 0 Å². The van der Waals surface area contributed by atoms with Crippen LogP contribution in [0.5, 0.6) is 11.5 Å². The van der Waals surface area contributed by atoms with Gasteiger partial charge in [0.15, 0.2) is 0 Å². The molecule has 2 rings (SSSR count). The topological polar surface area (TPSA) is 82.0 Å². The number of ether oxygens (including phenoxy) is 1. The van der Waals surface area contributed by atoms with Crippen molar-refractivity contribution in [2.75, 3.05) is 33.4 Å². The number of hydrogen-bond acceptors (Lipinski definition) is 5. The Balaban J connectivity index is 1.82. The van der Waals surface area contributed by atoms with Gasteiger partial charge in [0.05, 0.1) is 7.11 Å². The second-order valence-corrected chi connectivity index (χ2v) is 5.68. The highest BCUT2D eigenvalue weighted by Crippen LogP contribution is 2.26. The van der Waals surface area contributed by atoms with Gasteiger partial charge in [-0.2, -0.15) is 0 Å². The van der Waals surface area contributed by atoms with Gasteiger partial charge in [-0.15, -0.1) is 0 Å². The van der Waals surface area contributed by atoms with Gasteiger partial charge in [0, 0.05) is 18.7 Å². The Morgan fingerprint density at radius 2 is 2.14 bits per heavy atom.